The Balaban J connectivity index is 2.05. The van der Waals surface area contributed by atoms with Crippen molar-refractivity contribution in [1.82, 2.24) is 0 Å². The molecule has 1 fully saturated rings. The maximum atomic E-state index is 11.7. The molecule has 84 valence electrons. The lowest BCUT2D eigenvalue weighted by Crippen LogP contribution is -2.04. The highest BCUT2D eigenvalue weighted by molar-refractivity contribution is 5.99. The summed E-state index contributed by atoms with van der Waals surface area (Å²) in [6.45, 7) is 2.52. The molecule has 16 heavy (non-hydrogen) atoms. The summed E-state index contributed by atoms with van der Waals surface area (Å²) in [4.78, 5) is 23.1. The van der Waals surface area contributed by atoms with E-state index in [4.69, 9.17) is 4.74 Å². The fourth-order valence-corrected chi connectivity index (χ4v) is 1.56. The molecule has 1 saturated heterocycles. The van der Waals surface area contributed by atoms with Crippen LogP contribution < -0.4 is 0 Å². The molecule has 2 rings (SSSR count). The molecular formula is C13H14O3. The molecule has 0 bridgehead atoms. The van der Waals surface area contributed by atoms with E-state index in [9.17, 15) is 9.59 Å². The lowest BCUT2D eigenvalue weighted by Gasteiger charge is -2.01. The molecule has 0 spiro atoms. The molecule has 0 N–H and O–H groups in total. The topological polar surface area (TPSA) is 46.7 Å². The number of benzene rings is 1. The third-order valence-electron chi connectivity index (χ3n) is 2.67. The number of carbonyl (C=O) groups excluding carboxylic acids is 2. The minimum Gasteiger partial charge on any atom is -0.373 e. The molecule has 1 aliphatic heterocycles. The largest absolute Gasteiger partial charge is 0.373 e. The highest BCUT2D eigenvalue weighted by Gasteiger charge is 2.26. The standard InChI is InChI=1S/C13H14O3/c1-2-12(14)9-3-5-10(6-4-9)13(15)7-11-8-16-11/h3-6,11H,2,7-8H2,1H3. The normalized spacial score (nSPS) is 18.2. The van der Waals surface area contributed by atoms with Crippen molar-refractivity contribution in [3.8, 4) is 0 Å². The molecule has 1 aromatic rings. The number of hydrogen-bond acceptors (Lipinski definition) is 3. The van der Waals surface area contributed by atoms with E-state index >= 15 is 0 Å². The Labute approximate surface area is 94.4 Å². The summed E-state index contributed by atoms with van der Waals surface area (Å²) in [5.41, 5.74) is 1.32. The lowest BCUT2D eigenvalue weighted by molar-refractivity contribution is 0.0966. The molecule has 1 aliphatic rings. The molecule has 3 heteroatoms. The molecule has 1 unspecified atom stereocenters. The monoisotopic (exact) mass is 218 g/mol. The number of epoxide rings is 1. The van der Waals surface area contributed by atoms with Gasteiger partial charge in [-0.3, -0.25) is 9.59 Å². The second kappa shape index (κ2) is 4.58. The first-order chi connectivity index (χ1) is 7.70. The number of carbonyl (C=O) groups is 2. The highest BCUT2D eigenvalue weighted by atomic mass is 16.6. The van der Waals surface area contributed by atoms with Crippen molar-refractivity contribution >= 4 is 11.6 Å². The Bertz CT molecular complexity index is 402. The van der Waals surface area contributed by atoms with Gasteiger partial charge in [-0.25, -0.2) is 0 Å². The maximum Gasteiger partial charge on any atom is 0.165 e. The first-order valence-electron chi connectivity index (χ1n) is 5.48. The van der Waals surface area contributed by atoms with Crippen molar-refractivity contribution in [2.45, 2.75) is 25.9 Å². The van der Waals surface area contributed by atoms with Crippen molar-refractivity contribution in [3.05, 3.63) is 35.4 Å². The Morgan fingerprint density at radius 3 is 2.12 bits per heavy atom. The molecular weight excluding hydrogens is 204 g/mol. The molecule has 1 atom stereocenters. The number of ether oxygens (including phenoxy) is 1. The van der Waals surface area contributed by atoms with Gasteiger partial charge < -0.3 is 4.74 Å². The fourth-order valence-electron chi connectivity index (χ4n) is 1.56. The minimum atomic E-state index is 0.0815. The summed E-state index contributed by atoms with van der Waals surface area (Å²) in [7, 11) is 0. The summed E-state index contributed by atoms with van der Waals surface area (Å²) < 4.78 is 5.01. The average Bonchev–Trinajstić information content (AvgIpc) is 3.12. The van der Waals surface area contributed by atoms with Crippen molar-refractivity contribution < 1.29 is 14.3 Å². The fraction of sp³-hybridized carbons (Fsp3) is 0.385. The molecule has 0 aliphatic carbocycles. The van der Waals surface area contributed by atoms with Gasteiger partial charge in [0.15, 0.2) is 11.6 Å². The quantitative estimate of drug-likeness (QED) is 0.562. The van der Waals surface area contributed by atoms with Crippen LogP contribution in [0, 0.1) is 0 Å². The molecule has 3 nitrogen and oxygen atoms in total. The van der Waals surface area contributed by atoms with E-state index in [1.54, 1.807) is 24.3 Å². The molecule has 0 amide bonds. The van der Waals surface area contributed by atoms with Crippen molar-refractivity contribution in [3.63, 3.8) is 0 Å². The van der Waals surface area contributed by atoms with E-state index < -0.39 is 0 Å². The SMILES string of the molecule is CCC(=O)c1ccc(C(=O)CC2CO2)cc1. The predicted molar refractivity (Wildman–Crippen MR) is 59.8 cm³/mol. The molecule has 0 radical (unpaired) electrons. The van der Waals surface area contributed by atoms with Crippen LogP contribution in [-0.4, -0.2) is 24.3 Å². The Morgan fingerprint density at radius 2 is 1.69 bits per heavy atom. The van der Waals surface area contributed by atoms with Crippen LogP contribution in [0.25, 0.3) is 0 Å². The van der Waals surface area contributed by atoms with Crippen molar-refractivity contribution in [2.75, 3.05) is 6.61 Å². The van der Waals surface area contributed by atoms with E-state index in [0.717, 1.165) is 0 Å². The third kappa shape index (κ3) is 2.55. The average molecular weight is 218 g/mol. The van der Waals surface area contributed by atoms with Gasteiger partial charge in [-0.1, -0.05) is 31.2 Å². The van der Waals surface area contributed by atoms with Gasteiger partial charge in [0.2, 0.25) is 0 Å². The summed E-state index contributed by atoms with van der Waals surface area (Å²) in [6, 6.07) is 6.86. The number of Topliss-reactive ketones (excluding diaryl/α,β-unsaturated/α-hetero) is 2. The highest BCUT2D eigenvalue weighted by Crippen LogP contribution is 2.17. The Kier molecular flexibility index (Phi) is 3.15. The smallest absolute Gasteiger partial charge is 0.165 e. The number of ketones is 2. The Morgan fingerprint density at radius 1 is 1.19 bits per heavy atom. The zero-order chi connectivity index (χ0) is 11.5. The van der Waals surface area contributed by atoms with Crippen LogP contribution in [-0.2, 0) is 4.74 Å². The number of rotatable bonds is 5. The summed E-state index contributed by atoms with van der Waals surface area (Å²) >= 11 is 0. The van der Waals surface area contributed by atoms with Crippen molar-refractivity contribution in [1.29, 1.82) is 0 Å². The second-order valence-corrected chi connectivity index (χ2v) is 3.94. The molecule has 1 heterocycles. The summed E-state index contributed by atoms with van der Waals surface area (Å²) in [5, 5.41) is 0. The van der Waals surface area contributed by atoms with Gasteiger partial charge in [0.1, 0.15) is 0 Å². The van der Waals surface area contributed by atoms with Crippen LogP contribution in [0.4, 0.5) is 0 Å². The van der Waals surface area contributed by atoms with Gasteiger partial charge in [-0.05, 0) is 0 Å². The minimum absolute atomic E-state index is 0.0815. The summed E-state index contributed by atoms with van der Waals surface area (Å²) in [6.07, 6.45) is 1.05. The van der Waals surface area contributed by atoms with E-state index in [0.29, 0.717) is 30.6 Å². The lowest BCUT2D eigenvalue weighted by atomic mass is 10.0. The zero-order valence-electron chi connectivity index (χ0n) is 9.23. The predicted octanol–water partition coefficient (Wildman–Crippen LogP) is 2.25. The van der Waals surface area contributed by atoms with Crippen LogP contribution in [0.15, 0.2) is 24.3 Å². The molecule has 0 aromatic heterocycles. The van der Waals surface area contributed by atoms with E-state index in [-0.39, 0.29) is 17.7 Å². The van der Waals surface area contributed by atoms with E-state index in [1.807, 2.05) is 6.92 Å². The Hall–Kier alpha value is -1.48. The maximum absolute atomic E-state index is 11.7. The van der Waals surface area contributed by atoms with E-state index in [2.05, 4.69) is 0 Å². The van der Waals surface area contributed by atoms with Gasteiger partial charge >= 0.3 is 0 Å². The van der Waals surface area contributed by atoms with Crippen LogP contribution in [0.3, 0.4) is 0 Å². The van der Waals surface area contributed by atoms with Gasteiger partial charge in [0.25, 0.3) is 0 Å². The third-order valence-corrected chi connectivity index (χ3v) is 2.67. The summed E-state index contributed by atoms with van der Waals surface area (Å²) in [5.74, 6) is 0.183. The van der Waals surface area contributed by atoms with Gasteiger partial charge in [0, 0.05) is 24.0 Å². The first kappa shape index (κ1) is 11.0. The van der Waals surface area contributed by atoms with Gasteiger partial charge in [-0.2, -0.15) is 0 Å². The van der Waals surface area contributed by atoms with Crippen molar-refractivity contribution in [2.24, 2.45) is 0 Å². The van der Waals surface area contributed by atoms with Gasteiger partial charge in [-0.15, -0.1) is 0 Å². The van der Waals surface area contributed by atoms with E-state index in [1.165, 1.54) is 0 Å². The van der Waals surface area contributed by atoms with Crippen LogP contribution in [0.2, 0.25) is 0 Å². The molecule has 1 aromatic carbocycles. The van der Waals surface area contributed by atoms with Crippen LogP contribution in [0.1, 0.15) is 40.5 Å². The first-order valence-corrected chi connectivity index (χ1v) is 5.48. The van der Waals surface area contributed by atoms with Crippen LogP contribution in [0.5, 0.6) is 0 Å². The van der Waals surface area contributed by atoms with Crippen LogP contribution >= 0.6 is 0 Å². The van der Waals surface area contributed by atoms with Gasteiger partial charge in [0.05, 0.1) is 12.7 Å². The molecule has 0 saturated carbocycles. The number of hydrogen-bond donors (Lipinski definition) is 0. The second-order valence-electron chi connectivity index (χ2n) is 3.94. The zero-order valence-corrected chi connectivity index (χ0v) is 9.23.